The number of hydrogen-bond donors (Lipinski definition) is 1. The van der Waals surface area contributed by atoms with Crippen LogP contribution in [-0.4, -0.2) is 33.2 Å². The highest BCUT2D eigenvalue weighted by Gasteiger charge is 2.46. The van der Waals surface area contributed by atoms with Crippen molar-refractivity contribution in [3.05, 3.63) is 29.8 Å². The minimum Gasteiger partial charge on any atom is -0.281 e. The van der Waals surface area contributed by atoms with Crippen molar-refractivity contribution in [3.8, 4) is 0 Å². The first kappa shape index (κ1) is 18.9. The largest absolute Gasteiger partial charge is 0.393 e. The van der Waals surface area contributed by atoms with E-state index in [9.17, 15) is 25.6 Å². The van der Waals surface area contributed by atoms with Gasteiger partial charge in [0.05, 0.1) is 4.90 Å². The Labute approximate surface area is 128 Å². The normalized spacial score (nSPS) is 14.1. The van der Waals surface area contributed by atoms with Crippen LogP contribution >= 0.6 is 0 Å². The highest BCUT2D eigenvalue weighted by atomic mass is 32.2. The fourth-order valence-electron chi connectivity index (χ4n) is 1.41. The summed E-state index contributed by atoms with van der Waals surface area (Å²) in [4.78, 5) is -0.397. The van der Waals surface area contributed by atoms with E-state index in [-0.39, 0.29) is 5.41 Å². The summed E-state index contributed by atoms with van der Waals surface area (Å²) in [6.07, 6.45) is 0. The molecule has 1 rings (SSSR count). The lowest BCUT2D eigenvalue weighted by atomic mass is 9.87. The van der Waals surface area contributed by atoms with Gasteiger partial charge in [0.25, 0.3) is 10.1 Å². The number of halogens is 2. The highest BCUT2D eigenvalue weighted by molar-refractivity contribution is 7.87. The van der Waals surface area contributed by atoms with Crippen LogP contribution in [0.2, 0.25) is 0 Å². The van der Waals surface area contributed by atoms with E-state index in [1.54, 1.807) is 0 Å². The highest BCUT2D eigenvalue weighted by Crippen LogP contribution is 2.26. The molecule has 0 unspecified atom stereocenters. The summed E-state index contributed by atoms with van der Waals surface area (Å²) < 4.78 is 82.5. The molecule has 0 aliphatic rings. The van der Waals surface area contributed by atoms with Crippen LogP contribution < -0.4 is 0 Å². The predicted molar refractivity (Wildman–Crippen MR) is 74.8 cm³/mol. The molecule has 0 aliphatic carbocycles. The zero-order valence-electron chi connectivity index (χ0n) is 12.1. The number of hydrogen-bond acceptors (Lipinski definition) is 5. The molecule has 0 amide bonds. The van der Waals surface area contributed by atoms with Crippen molar-refractivity contribution in [1.29, 1.82) is 0 Å². The van der Waals surface area contributed by atoms with Gasteiger partial charge in [0.2, 0.25) is 0 Å². The van der Waals surface area contributed by atoms with Gasteiger partial charge in [0, 0.05) is 0 Å². The Morgan fingerprint density at radius 1 is 1.05 bits per heavy atom. The fourth-order valence-corrected chi connectivity index (χ4v) is 2.60. The Bertz CT molecular complexity index is 731. The molecule has 126 valence electrons. The molecule has 0 aromatic heterocycles. The van der Waals surface area contributed by atoms with E-state index in [2.05, 4.69) is 4.18 Å². The third-order valence-corrected chi connectivity index (χ3v) is 4.92. The van der Waals surface area contributed by atoms with Gasteiger partial charge in [-0.05, 0) is 23.1 Å². The van der Waals surface area contributed by atoms with Gasteiger partial charge in [-0.25, -0.2) is 0 Å². The molecule has 0 fully saturated rings. The van der Waals surface area contributed by atoms with Gasteiger partial charge in [-0.15, -0.1) is 0 Å². The lowest BCUT2D eigenvalue weighted by molar-refractivity contribution is 0.0312. The van der Waals surface area contributed by atoms with E-state index in [0.29, 0.717) is 0 Å². The number of rotatable bonds is 5. The van der Waals surface area contributed by atoms with E-state index in [4.69, 9.17) is 4.55 Å². The third-order valence-electron chi connectivity index (χ3n) is 2.77. The minimum atomic E-state index is -5.76. The van der Waals surface area contributed by atoms with Gasteiger partial charge >= 0.3 is 15.4 Å². The summed E-state index contributed by atoms with van der Waals surface area (Å²) in [5.41, 5.74) is 0.580. The van der Waals surface area contributed by atoms with E-state index in [1.807, 2.05) is 20.8 Å². The van der Waals surface area contributed by atoms with Crippen molar-refractivity contribution in [3.63, 3.8) is 0 Å². The van der Waals surface area contributed by atoms with Crippen LogP contribution in [0.25, 0.3) is 0 Å². The summed E-state index contributed by atoms with van der Waals surface area (Å²) in [5, 5.41) is -4.72. The lowest BCUT2D eigenvalue weighted by Gasteiger charge is -2.19. The van der Waals surface area contributed by atoms with Crippen molar-refractivity contribution in [2.45, 2.75) is 36.3 Å². The maximum Gasteiger partial charge on any atom is 0.393 e. The summed E-state index contributed by atoms with van der Waals surface area (Å²) in [6.45, 7) is 3.70. The van der Waals surface area contributed by atoms with Crippen molar-refractivity contribution in [1.82, 2.24) is 0 Å². The average Bonchev–Trinajstić information content (AvgIpc) is 2.34. The standard InChI is InChI=1S/C12H16F2O6S2/c1-11(2,3)9-4-6-10(7-5-9)21(15,16)20-8-12(13,14)22(17,18)19/h4-7H,8H2,1-3H3,(H,17,18,19). The predicted octanol–water partition coefficient (Wildman–Crippen LogP) is 2.17. The first-order valence-electron chi connectivity index (χ1n) is 6.02. The molecule has 10 heteroatoms. The van der Waals surface area contributed by atoms with Gasteiger partial charge in [-0.2, -0.15) is 25.6 Å². The molecule has 0 atom stereocenters. The summed E-state index contributed by atoms with van der Waals surface area (Å²) >= 11 is 0. The Morgan fingerprint density at radius 2 is 1.50 bits per heavy atom. The molecule has 0 aliphatic heterocycles. The van der Waals surface area contributed by atoms with Crippen LogP contribution in [0, 0.1) is 0 Å². The SMILES string of the molecule is CC(C)(C)c1ccc(S(=O)(=O)OCC(F)(F)S(=O)(=O)O)cc1. The van der Waals surface area contributed by atoms with E-state index >= 15 is 0 Å². The van der Waals surface area contributed by atoms with E-state index in [1.165, 1.54) is 24.3 Å². The summed E-state index contributed by atoms with van der Waals surface area (Å²) in [5.74, 6) is 0. The van der Waals surface area contributed by atoms with Crippen molar-refractivity contribution >= 4 is 20.2 Å². The smallest absolute Gasteiger partial charge is 0.281 e. The maximum absolute atomic E-state index is 13.0. The van der Waals surface area contributed by atoms with Crippen LogP contribution in [0.5, 0.6) is 0 Å². The van der Waals surface area contributed by atoms with Gasteiger partial charge < -0.3 is 0 Å². The van der Waals surface area contributed by atoms with Crippen LogP contribution in [0.15, 0.2) is 29.2 Å². The minimum absolute atomic E-state index is 0.235. The van der Waals surface area contributed by atoms with Crippen LogP contribution in [0.1, 0.15) is 26.3 Å². The number of alkyl halides is 2. The van der Waals surface area contributed by atoms with Gasteiger partial charge in [-0.1, -0.05) is 32.9 Å². The van der Waals surface area contributed by atoms with Gasteiger partial charge in [0.1, 0.15) is 6.61 Å². The molecular formula is C12H16F2O6S2. The second-order valence-corrected chi connectivity index (χ2v) is 8.77. The second-order valence-electron chi connectivity index (χ2n) is 5.60. The fraction of sp³-hybridized carbons (Fsp3) is 0.500. The second kappa shape index (κ2) is 5.84. The van der Waals surface area contributed by atoms with Crippen LogP contribution in [0.4, 0.5) is 8.78 Å². The van der Waals surface area contributed by atoms with Gasteiger partial charge in [0.15, 0.2) is 0 Å². The molecule has 0 saturated heterocycles. The first-order valence-corrected chi connectivity index (χ1v) is 8.86. The molecule has 0 bridgehead atoms. The molecule has 0 spiro atoms. The first-order chi connectivity index (χ1) is 9.67. The van der Waals surface area contributed by atoms with Crippen molar-refractivity contribution in [2.24, 2.45) is 0 Å². The molecule has 0 radical (unpaired) electrons. The van der Waals surface area contributed by atoms with Crippen molar-refractivity contribution < 1.29 is 34.4 Å². The zero-order valence-corrected chi connectivity index (χ0v) is 13.7. The lowest BCUT2D eigenvalue weighted by Crippen LogP contribution is -2.34. The van der Waals surface area contributed by atoms with E-state index < -0.39 is 37.0 Å². The molecule has 6 nitrogen and oxygen atoms in total. The van der Waals surface area contributed by atoms with E-state index in [0.717, 1.165) is 5.56 Å². The Balaban J connectivity index is 2.97. The summed E-state index contributed by atoms with van der Waals surface area (Å²) in [6, 6.07) is 5.33. The molecule has 1 aromatic carbocycles. The summed E-state index contributed by atoms with van der Waals surface area (Å²) in [7, 11) is -10.3. The Hall–Kier alpha value is -1.10. The maximum atomic E-state index is 13.0. The molecular weight excluding hydrogens is 342 g/mol. The number of benzene rings is 1. The molecule has 22 heavy (non-hydrogen) atoms. The third kappa shape index (κ3) is 4.45. The van der Waals surface area contributed by atoms with Crippen LogP contribution in [-0.2, 0) is 29.8 Å². The topological polar surface area (TPSA) is 97.7 Å². The van der Waals surface area contributed by atoms with Crippen LogP contribution in [0.3, 0.4) is 0 Å². The molecule has 0 saturated carbocycles. The quantitative estimate of drug-likeness (QED) is 0.640. The molecule has 1 aromatic rings. The Kier molecular flexibility index (Phi) is 5.03. The Morgan fingerprint density at radius 3 is 1.86 bits per heavy atom. The molecule has 1 N–H and O–H groups in total. The molecule has 0 heterocycles. The zero-order chi connectivity index (χ0) is 17.4. The average molecular weight is 358 g/mol. The monoisotopic (exact) mass is 358 g/mol. The van der Waals surface area contributed by atoms with Crippen molar-refractivity contribution in [2.75, 3.05) is 6.61 Å². The van der Waals surface area contributed by atoms with Gasteiger partial charge in [-0.3, -0.25) is 8.74 Å².